The number of sulfonamides is 1. The van der Waals surface area contributed by atoms with Crippen LogP contribution in [-0.4, -0.2) is 34.0 Å². The first-order valence-electron chi connectivity index (χ1n) is 12.0. The number of anilines is 2. The number of hydrogen-bond donors (Lipinski definition) is 1. The number of nitrogens with one attached hydrogen (secondary N) is 1. The van der Waals surface area contributed by atoms with Crippen LogP contribution in [0, 0.1) is 13.8 Å². The Morgan fingerprint density at radius 3 is 2.23 bits per heavy atom. The molecule has 1 aliphatic rings. The van der Waals surface area contributed by atoms with Crippen LogP contribution in [0.15, 0.2) is 77.7 Å². The second-order valence-corrected chi connectivity index (χ2v) is 11.1. The number of hydrogen-bond acceptors (Lipinski definition) is 4. The van der Waals surface area contributed by atoms with Gasteiger partial charge in [0.05, 0.1) is 16.6 Å². The number of carbonyl (C=O) groups is 1. The fourth-order valence-corrected chi connectivity index (χ4v) is 5.80. The topological polar surface area (TPSA) is 69.7 Å². The second-order valence-electron chi connectivity index (χ2n) is 9.24. The smallest absolute Gasteiger partial charge is 0.264 e. The maximum Gasteiger partial charge on any atom is 0.264 e. The summed E-state index contributed by atoms with van der Waals surface area (Å²) in [5.74, 6) is -0.363. The van der Waals surface area contributed by atoms with Gasteiger partial charge in [0.1, 0.15) is 6.54 Å². The van der Waals surface area contributed by atoms with Gasteiger partial charge in [-0.2, -0.15) is 0 Å². The molecule has 3 aromatic carbocycles. The Balaban J connectivity index is 1.52. The molecule has 184 valence electrons. The zero-order chi connectivity index (χ0) is 25.0. The zero-order valence-corrected chi connectivity index (χ0v) is 21.4. The lowest BCUT2D eigenvalue weighted by atomic mass is 10.1. The minimum absolute atomic E-state index is 0.156. The van der Waals surface area contributed by atoms with Crippen molar-refractivity contribution in [1.29, 1.82) is 0 Å². The van der Waals surface area contributed by atoms with Gasteiger partial charge < -0.3 is 10.2 Å². The number of aryl methyl sites for hydroxylation is 2. The van der Waals surface area contributed by atoms with Crippen molar-refractivity contribution >= 4 is 27.3 Å². The van der Waals surface area contributed by atoms with E-state index in [1.807, 2.05) is 39.0 Å². The third-order valence-corrected chi connectivity index (χ3v) is 8.22. The van der Waals surface area contributed by atoms with E-state index in [1.165, 1.54) is 22.8 Å². The maximum absolute atomic E-state index is 13.6. The molecular formula is C28H33N3O3S. The van der Waals surface area contributed by atoms with Crippen LogP contribution in [-0.2, 0) is 14.8 Å². The molecule has 1 N–H and O–H groups in total. The summed E-state index contributed by atoms with van der Waals surface area (Å²) in [6, 6.07) is 21.8. The third-order valence-electron chi connectivity index (χ3n) is 6.43. The quantitative estimate of drug-likeness (QED) is 0.483. The number of carbonyl (C=O) groups excluding carboxylic acids is 1. The van der Waals surface area contributed by atoms with Crippen LogP contribution in [0.1, 0.15) is 42.5 Å². The van der Waals surface area contributed by atoms with Gasteiger partial charge in [-0.05, 0) is 81.1 Å². The predicted molar refractivity (Wildman–Crippen MR) is 141 cm³/mol. The fraction of sp³-hybridized carbons (Fsp3) is 0.321. The molecule has 1 atom stereocenters. The summed E-state index contributed by atoms with van der Waals surface area (Å²) < 4.78 is 28.3. The number of amides is 1. The molecule has 1 heterocycles. The summed E-state index contributed by atoms with van der Waals surface area (Å²) in [5, 5.41) is 2.97. The van der Waals surface area contributed by atoms with E-state index in [4.69, 9.17) is 0 Å². The van der Waals surface area contributed by atoms with Crippen LogP contribution >= 0.6 is 0 Å². The Bertz CT molecular complexity index is 1270. The van der Waals surface area contributed by atoms with Gasteiger partial charge in [-0.1, -0.05) is 42.0 Å². The van der Waals surface area contributed by atoms with Gasteiger partial charge >= 0.3 is 0 Å². The van der Waals surface area contributed by atoms with Crippen molar-refractivity contribution < 1.29 is 13.2 Å². The van der Waals surface area contributed by atoms with Crippen LogP contribution in [0.3, 0.4) is 0 Å². The number of rotatable bonds is 8. The molecule has 0 spiro atoms. The van der Waals surface area contributed by atoms with E-state index in [-0.39, 0.29) is 23.4 Å². The first kappa shape index (κ1) is 24.8. The van der Waals surface area contributed by atoms with E-state index in [0.29, 0.717) is 5.69 Å². The van der Waals surface area contributed by atoms with E-state index < -0.39 is 10.0 Å². The van der Waals surface area contributed by atoms with Crippen molar-refractivity contribution in [3.05, 3.63) is 89.5 Å². The minimum Gasteiger partial charge on any atom is -0.372 e. The van der Waals surface area contributed by atoms with Crippen molar-refractivity contribution in [2.45, 2.75) is 44.6 Å². The highest BCUT2D eigenvalue weighted by atomic mass is 32.2. The molecule has 1 saturated heterocycles. The predicted octanol–water partition coefficient (Wildman–Crippen LogP) is 4.98. The molecule has 6 nitrogen and oxygen atoms in total. The molecule has 0 aromatic heterocycles. The second kappa shape index (κ2) is 10.5. The summed E-state index contributed by atoms with van der Waals surface area (Å²) in [4.78, 5) is 15.6. The highest BCUT2D eigenvalue weighted by Crippen LogP contribution is 2.26. The Labute approximate surface area is 208 Å². The Morgan fingerprint density at radius 2 is 1.60 bits per heavy atom. The van der Waals surface area contributed by atoms with Gasteiger partial charge in [0.25, 0.3) is 10.0 Å². The lowest BCUT2D eigenvalue weighted by Gasteiger charge is -2.25. The zero-order valence-electron chi connectivity index (χ0n) is 20.6. The third kappa shape index (κ3) is 5.85. The molecule has 7 heteroatoms. The van der Waals surface area contributed by atoms with Gasteiger partial charge in [-0.3, -0.25) is 9.10 Å². The summed E-state index contributed by atoms with van der Waals surface area (Å²) >= 11 is 0. The van der Waals surface area contributed by atoms with Gasteiger partial charge in [0.15, 0.2) is 0 Å². The van der Waals surface area contributed by atoms with Crippen molar-refractivity contribution in [3.8, 4) is 0 Å². The Hall–Kier alpha value is -3.32. The average molecular weight is 492 g/mol. The van der Waals surface area contributed by atoms with Crippen LogP contribution in [0.25, 0.3) is 0 Å². The molecule has 1 aliphatic heterocycles. The molecule has 0 aliphatic carbocycles. The molecule has 0 bridgehead atoms. The van der Waals surface area contributed by atoms with Crippen molar-refractivity contribution in [2.24, 2.45) is 0 Å². The highest BCUT2D eigenvalue weighted by Gasteiger charge is 2.28. The largest absolute Gasteiger partial charge is 0.372 e. The van der Waals surface area contributed by atoms with Crippen molar-refractivity contribution in [2.75, 3.05) is 28.8 Å². The van der Waals surface area contributed by atoms with Gasteiger partial charge in [-0.15, -0.1) is 0 Å². The molecule has 1 fully saturated rings. The molecule has 0 radical (unpaired) electrons. The summed E-state index contributed by atoms with van der Waals surface area (Å²) in [7, 11) is -3.93. The molecule has 1 amide bonds. The molecule has 3 aromatic rings. The Kier molecular flexibility index (Phi) is 7.45. The van der Waals surface area contributed by atoms with Gasteiger partial charge in [0.2, 0.25) is 5.91 Å². The summed E-state index contributed by atoms with van der Waals surface area (Å²) in [6.07, 6.45) is 2.44. The number of benzene rings is 3. The van der Waals surface area contributed by atoms with Gasteiger partial charge in [-0.25, -0.2) is 8.42 Å². The van der Waals surface area contributed by atoms with Crippen LogP contribution < -0.4 is 14.5 Å². The Morgan fingerprint density at radius 1 is 0.943 bits per heavy atom. The molecular weight excluding hydrogens is 458 g/mol. The molecule has 0 saturated carbocycles. The van der Waals surface area contributed by atoms with E-state index in [9.17, 15) is 13.2 Å². The lowest BCUT2D eigenvalue weighted by molar-refractivity contribution is -0.120. The van der Waals surface area contributed by atoms with Crippen molar-refractivity contribution in [1.82, 2.24) is 5.32 Å². The highest BCUT2D eigenvalue weighted by molar-refractivity contribution is 7.92. The first-order valence-corrected chi connectivity index (χ1v) is 13.5. The molecule has 1 unspecified atom stereocenters. The maximum atomic E-state index is 13.6. The van der Waals surface area contributed by atoms with E-state index in [1.54, 1.807) is 42.5 Å². The van der Waals surface area contributed by atoms with Crippen molar-refractivity contribution in [3.63, 3.8) is 0 Å². The summed E-state index contributed by atoms with van der Waals surface area (Å²) in [5.41, 5.74) is 4.51. The molecule has 4 rings (SSSR count). The first-order chi connectivity index (χ1) is 16.7. The monoisotopic (exact) mass is 491 g/mol. The van der Waals surface area contributed by atoms with E-state index >= 15 is 0 Å². The SMILES string of the molecule is Cc1ccc(S(=O)(=O)N(CC(=O)NC(C)c2ccc(N3CCCC3)cc2)c2cccc(C)c2)cc1. The summed E-state index contributed by atoms with van der Waals surface area (Å²) in [6.45, 7) is 7.56. The standard InChI is InChI=1S/C28H33N3O3S/c1-21-9-15-27(16-10-21)35(33,34)31(26-8-6-7-22(2)19-26)20-28(32)29-23(3)24-11-13-25(14-12-24)30-17-4-5-18-30/h6-16,19,23H,4-5,17-18,20H2,1-3H3,(H,29,32). The fourth-order valence-electron chi connectivity index (χ4n) is 4.39. The van der Waals surface area contributed by atoms with E-state index in [2.05, 4.69) is 22.3 Å². The van der Waals surface area contributed by atoms with Crippen LogP contribution in [0.5, 0.6) is 0 Å². The van der Waals surface area contributed by atoms with Crippen LogP contribution in [0.4, 0.5) is 11.4 Å². The van der Waals surface area contributed by atoms with Gasteiger partial charge in [0, 0.05) is 18.8 Å². The normalized spacial score (nSPS) is 14.5. The number of nitrogens with zero attached hydrogens (tertiary/aromatic N) is 2. The minimum atomic E-state index is -3.93. The van der Waals surface area contributed by atoms with E-state index in [0.717, 1.165) is 29.8 Å². The van der Waals surface area contributed by atoms with Crippen LogP contribution in [0.2, 0.25) is 0 Å². The lowest BCUT2D eigenvalue weighted by Crippen LogP contribution is -2.41. The average Bonchev–Trinajstić information content (AvgIpc) is 3.38. The molecule has 35 heavy (non-hydrogen) atoms.